The highest BCUT2D eigenvalue weighted by Crippen LogP contribution is 2.23. The van der Waals surface area contributed by atoms with Crippen LogP contribution in [0.2, 0.25) is 0 Å². The van der Waals surface area contributed by atoms with E-state index in [4.69, 9.17) is 10.5 Å². The molecule has 0 spiro atoms. The van der Waals surface area contributed by atoms with Crippen LogP contribution in [0.25, 0.3) is 10.8 Å². The van der Waals surface area contributed by atoms with Crippen LogP contribution in [-0.4, -0.2) is 12.4 Å². The highest BCUT2D eigenvalue weighted by atomic mass is 32.2. The van der Waals surface area contributed by atoms with Crippen LogP contribution in [0.3, 0.4) is 0 Å². The van der Waals surface area contributed by atoms with Gasteiger partial charge in [-0.3, -0.25) is 0 Å². The number of thioether (sulfide) groups is 1. The summed E-state index contributed by atoms with van der Waals surface area (Å²) >= 11 is 1.80. The fourth-order valence-corrected chi connectivity index (χ4v) is 2.96. The van der Waals surface area contributed by atoms with Crippen LogP contribution >= 0.6 is 11.8 Å². The molecule has 0 radical (unpaired) electrons. The fraction of sp³-hybridized carbons (Fsp3) is 0.111. The quantitative estimate of drug-likeness (QED) is 0.425. The minimum absolute atomic E-state index is 0.668. The number of nitrogen functional groups attached to an aromatic ring is 1. The maximum Gasteiger partial charge on any atom is 0.121 e. The minimum Gasteiger partial charge on any atom is -0.493 e. The molecule has 0 heterocycles. The van der Waals surface area contributed by atoms with Gasteiger partial charge in [0.1, 0.15) is 5.75 Å². The van der Waals surface area contributed by atoms with Crippen molar-refractivity contribution in [2.24, 2.45) is 0 Å². The number of ether oxygens (including phenoxy) is 1. The van der Waals surface area contributed by atoms with E-state index in [1.165, 1.54) is 15.7 Å². The van der Waals surface area contributed by atoms with E-state index in [-0.39, 0.29) is 0 Å². The summed E-state index contributed by atoms with van der Waals surface area (Å²) in [7, 11) is 0. The van der Waals surface area contributed by atoms with Crippen molar-refractivity contribution in [1.29, 1.82) is 0 Å². The Kier molecular flexibility index (Phi) is 4.31. The Hall–Kier alpha value is -2.13. The van der Waals surface area contributed by atoms with Gasteiger partial charge in [0.25, 0.3) is 0 Å². The zero-order valence-corrected chi connectivity index (χ0v) is 12.5. The Balaban J connectivity index is 1.54. The first kappa shape index (κ1) is 13.8. The molecule has 0 fully saturated rings. The Bertz CT molecular complexity index is 742. The van der Waals surface area contributed by atoms with Crippen molar-refractivity contribution in [3.05, 3.63) is 66.7 Å². The van der Waals surface area contributed by atoms with Gasteiger partial charge < -0.3 is 10.5 Å². The summed E-state index contributed by atoms with van der Waals surface area (Å²) in [5.74, 6) is 1.74. The molecule has 2 N–H and O–H groups in total. The van der Waals surface area contributed by atoms with Crippen LogP contribution in [-0.2, 0) is 0 Å². The predicted molar refractivity (Wildman–Crippen MR) is 91.0 cm³/mol. The lowest BCUT2D eigenvalue weighted by molar-refractivity contribution is 0.344. The average Bonchev–Trinajstić information content (AvgIpc) is 2.51. The maximum absolute atomic E-state index is 5.72. The number of fused-ring (bicyclic) bond motifs is 1. The number of rotatable bonds is 5. The monoisotopic (exact) mass is 295 g/mol. The van der Waals surface area contributed by atoms with E-state index in [0.717, 1.165) is 17.2 Å². The third-order valence-electron chi connectivity index (χ3n) is 3.20. The Labute approximate surface area is 128 Å². The van der Waals surface area contributed by atoms with E-state index in [2.05, 4.69) is 42.5 Å². The normalized spacial score (nSPS) is 10.7. The largest absolute Gasteiger partial charge is 0.493 e. The minimum atomic E-state index is 0.668. The highest BCUT2D eigenvalue weighted by Gasteiger charge is 1.98. The Morgan fingerprint density at radius 1 is 0.857 bits per heavy atom. The molecule has 0 saturated heterocycles. The van der Waals surface area contributed by atoms with Crippen LogP contribution in [0.1, 0.15) is 0 Å². The highest BCUT2D eigenvalue weighted by molar-refractivity contribution is 7.99. The molecule has 3 heteroatoms. The molecule has 0 aromatic heterocycles. The summed E-state index contributed by atoms with van der Waals surface area (Å²) in [6.07, 6.45) is 0. The smallest absolute Gasteiger partial charge is 0.121 e. The van der Waals surface area contributed by atoms with Gasteiger partial charge in [-0.1, -0.05) is 36.4 Å². The lowest BCUT2D eigenvalue weighted by atomic mass is 10.1. The lowest BCUT2D eigenvalue weighted by Gasteiger charge is -2.07. The number of hydrogen-bond acceptors (Lipinski definition) is 3. The molecule has 0 aliphatic rings. The molecule has 106 valence electrons. The van der Waals surface area contributed by atoms with Gasteiger partial charge in [-0.05, 0) is 35.0 Å². The second kappa shape index (κ2) is 6.55. The average molecular weight is 295 g/mol. The van der Waals surface area contributed by atoms with Crippen molar-refractivity contribution in [1.82, 2.24) is 0 Å². The van der Waals surface area contributed by atoms with Crippen LogP contribution in [0.5, 0.6) is 5.75 Å². The topological polar surface area (TPSA) is 35.2 Å². The number of anilines is 1. The van der Waals surface area contributed by atoms with Gasteiger partial charge in [0.15, 0.2) is 0 Å². The van der Waals surface area contributed by atoms with Gasteiger partial charge in [0, 0.05) is 22.4 Å². The molecule has 0 atom stereocenters. The van der Waals surface area contributed by atoms with E-state index >= 15 is 0 Å². The molecule has 0 bridgehead atoms. The zero-order chi connectivity index (χ0) is 14.5. The summed E-state index contributed by atoms with van der Waals surface area (Å²) < 4.78 is 5.70. The van der Waals surface area contributed by atoms with Crippen molar-refractivity contribution in [2.45, 2.75) is 4.90 Å². The van der Waals surface area contributed by atoms with Crippen LogP contribution in [0.15, 0.2) is 71.6 Å². The van der Waals surface area contributed by atoms with E-state index < -0.39 is 0 Å². The van der Waals surface area contributed by atoms with Gasteiger partial charge >= 0.3 is 0 Å². The van der Waals surface area contributed by atoms with E-state index in [1.54, 1.807) is 11.8 Å². The fourth-order valence-electron chi connectivity index (χ4n) is 2.18. The molecule has 2 nitrogen and oxygen atoms in total. The number of nitrogens with two attached hydrogens (primary N) is 1. The van der Waals surface area contributed by atoms with Gasteiger partial charge in [0.05, 0.1) is 6.61 Å². The summed E-state index contributed by atoms with van der Waals surface area (Å²) in [4.78, 5) is 1.27. The first-order valence-electron chi connectivity index (χ1n) is 6.91. The first-order chi connectivity index (χ1) is 10.3. The van der Waals surface area contributed by atoms with E-state index in [9.17, 15) is 0 Å². The van der Waals surface area contributed by atoms with Crippen molar-refractivity contribution in [3.8, 4) is 5.75 Å². The van der Waals surface area contributed by atoms with Crippen LogP contribution in [0.4, 0.5) is 5.69 Å². The standard InChI is InChI=1S/C18H17NOS/c19-16-6-3-7-17(13-16)20-10-11-21-18-9-8-14-4-1-2-5-15(14)12-18/h1-9,12-13H,10-11,19H2. The maximum atomic E-state index is 5.72. The summed E-state index contributed by atoms with van der Waals surface area (Å²) in [6, 6.07) is 22.5. The number of hydrogen-bond donors (Lipinski definition) is 1. The zero-order valence-electron chi connectivity index (χ0n) is 11.7. The third kappa shape index (κ3) is 3.70. The molecule has 0 saturated carbocycles. The summed E-state index contributed by atoms with van der Waals surface area (Å²) in [5, 5.41) is 2.55. The number of benzene rings is 3. The first-order valence-corrected chi connectivity index (χ1v) is 7.90. The SMILES string of the molecule is Nc1cccc(OCCSc2ccc3ccccc3c2)c1. The summed E-state index contributed by atoms with van der Waals surface area (Å²) in [5.41, 5.74) is 6.45. The van der Waals surface area contributed by atoms with Gasteiger partial charge in [0.2, 0.25) is 0 Å². The molecule has 0 amide bonds. The molecular weight excluding hydrogens is 278 g/mol. The van der Waals surface area contributed by atoms with E-state index in [1.807, 2.05) is 24.3 Å². The Morgan fingerprint density at radius 3 is 2.57 bits per heavy atom. The molecule has 21 heavy (non-hydrogen) atoms. The summed E-state index contributed by atoms with van der Waals surface area (Å²) in [6.45, 7) is 0.668. The van der Waals surface area contributed by atoms with Crippen molar-refractivity contribution in [2.75, 3.05) is 18.1 Å². The van der Waals surface area contributed by atoms with Gasteiger partial charge in [-0.2, -0.15) is 0 Å². The third-order valence-corrected chi connectivity index (χ3v) is 4.16. The van der Waals surface area contributed by atoms with Crippen LogP contribution < -0.4 is 10.5 Å². The lowest BCUT2D eigenvalue weighted by Crippen LogP contribution is -2.00. The van der Waals surface area contributed by atoms with Crippen molar-refractivity contribution >= 4 is 28.2 Å². The molecule has 0 unspecified atom stereocenters. The van der Waals surface area contributed by atoms with Crippen molar-refractivity contribution in [3.63, 3.8) is 0 Å². The van der Waals surface area contributed by atoms with E-state index in [0.29, 0.717) is 6.61 Å². The molecular formula is C18H17NOS. The second-order valence-electron chi connectivity index (χ2n) is 4.78. The molecule has 3 aromatic rings. The molecule has 3 rings (SSSR count). The van der Waals surface area contributed by atoms with Crippen molar-refractivity contribution < 1.29 is 4.74 Å². The second-order valence-corrected chi connectivity index (χ2v) is 5.95. The van der Waals surface area contributed by atoms with Crippen LogP contribution in [0, 0.1) is 0 Å². The van der Waals surface area contributed by atoms with Gasteiger partial charge in [-0.25, -0.2) is 0 Å². The molecule has 0 aliphatic heterocycles. The predicted octanol–water partition coefficient (Wildman–Crippen LogP) is 4.59. The Morgan fingerprint density at radius 2 is 1.71 bits per heavy atom. The molecule has 3 aromatic carbocycles. The van der Waals surface area contributed by atoms with Gasteiger partial charge in [-0.15, -0.1) is 11.8 Å². The molecule has 0 aliphatic carbocycles.